The van der Waals surface area contributed by atoms with Gasteiger partial charge in [-0.2, -0.15) is 0 Å². The number of hydrogen-bond donors (Lipinski definition) is 0. The van der Waals surface area contributed by atoms with E-state index in [1.165, 1.54) is 0 Å². The molecule has 0 aliphatic rings. The molecule has 0 aliphatic carbocycles. The number of unbranched alkanes of at least 4 members (excludes halogenated alkanes) is 3. The van der Waals surface area contributed by atoms with E-state index in [0.717, 1.165) is 42.7 Å². The van der Waals surface area contributed by atoms with Crippen molar-refractivity contribution in [2.75, 3.05) is 26.4 Å². The molecule has 0 spiro atoms. The van der Waals surface area contributed by atoms with Crippen LogP contribution in [0.5, 0.6) is 5.75 Å². The van der Waals surface area contributed by atoms with Crippen LogP contribution in [0, 0.1) is 0 Å². The Morgan fingerprint density at radius 2 is 1.47 bits per heavy atom. The van der Waals surface area contributed by atoms with E-state index in [-0.39, 0.29) is 5.63 Å². The highest BCUT2D eigenvalue weighted by Crippen LogP contribution is 2.25. The molecule has 6 nitrogen and oxygen atoms in total. The molecule has 3 aromatic rings. The number of hydrogen-bond acceptors (Lipinski definition) is 6. The van der Waals surface area contributed by atoms with E-state index in [1.807, 2.05) is 69.3 Å². The van der Waals surface area contributed by atoms with E-state index in [0.29, 0.717) is 43.3 Å². The fraction of sp³-hybridized carbons (Fsp3) is 0.444. The molecule has 3 rings (SSSR count). The molecule has 1 heterocycles. The molecule has 0 saturated carbocycles. The zero-order chi connectivity index (χ0) is 24.2. The van der Waals surface area contributed by atoms with Gasteiger partial charge in [0.1, 0.15) is 11.3 Å². The Labute approximate surface area is 203 Å². The first-order valence-electron chi connectivity index (χ1n) is 12.3. The monoisotopic (exact) mass is 484 g/mol. The van der Waals surface area contributed by atoms with E-state index in [9.17, 15) is 4.79 Å². The zero-order valence-electron chi connectivity index (χ0n) is 20.5. The van der Waals surface area contributed by atoms with Gasteiger partial charge >= 0.3 is 14.4 Å². The van der Waals surface area contributed by atoms with Crippen molar-refractivity contribution in [1.29, 1.82) is 0 Å². The summed E-state index contributed by atoms with van der Waals surface area (Å²) in [6.45, 7) is 8.40. The number of fused-ring (bicyclic) bond motifs is 1. The molecule has 0 unspecified atom stereocenters. The smallest absolute Gasteiger partial charge is 0.493 e. The summed E-state index contributed by atoms with van der Waals surface area (Å²) in [6.07, 6.45) is 4.08. The van der Waals surface area contributed by atoms with E-state index in [1.54, 1.807) is 6.07 Å². The van der Waals surface area contributed by atoms with Crippen molar-refractivity contribution < 1.29 is 22.4 Å². The van der Waals surface area contributed by atoms with Gasteiger partial charge in [-0.15, -0.1) is 0 Å². The van der Waals surface area contributed by atoms with Gasteiger partial charge in [0, 0.05) is 37.3 Å². The van der Waals surface area contributed by atoms with E-state index in [2.05, 4.69) is 0 Å². The lowest BCUT2D eigenvalue weighted by atomic mass is 10.1. The quantitative estimate of drug-likeness (QED) is 0.140. The van der Waals surface area contributed by atoms with Gasteiger partial charge in [-0.25, -0.2) is 4.79 Å². The summed E-state index contributed by atoms with van der Waals surface area (Å²) in [7, 11) is -2.54. The molecule has 0 aliphatic heterocycles. The highest BCUT2D eigenvalue weighted by Gasteiger charge is 2.39. The van der Waals surface area contributed by atoms with Gasteiger partial charge in [0.05, 0.1) is 12.2 Å². The van der Waals surface area contributed by atoms with Crippen molar-refractivity contribution in [1.82, 2.24) is 0 Å². The van der Waals surface area contributed by atoms with Crippen molar-refractivity contribution in [2.24, 2.45) is 0 Å². The predicted octanol–water partition coefficient (Wildman–Crippen LogP) is 6.45. The van der Waals surface area contributed by atoms with Crippen molar-refractivity contribution in [3.63, 3.8) is 0 Å². The van der Waals surface area contributed by atoms with Gasteiger partial charge in [-0.3, -0.25) is 0 Å². The van der Waals surface area contributed by atoms with E-state index in [4.69, 9.17) is 22.4 Å². The lowest BCUT2D eigenvalue weighted by Gasteiger charge is -2.28. The van der Waals surface area contributed by atoms with Crippen molar-refractivity contribution in [2.45, 2.75) is 52.5 Å². The predicted molar refractivity (Wildman–Crippen MR) is 137 cm³/mol. The highest BCUT2D eigenvalue weighted by atomic mass is 28.4. The van der Waals surface area contributed by atoms with Gasteiger partial charge in [0.2, 0.25) is 0 Å². The van der Waals surface area contributed by atoms with Gasteiger partial charge < -0.3 is 22.4 Å². The summed E-state index contributed by atoms with van der Waals surface area (Å²) in [5.74, 6) is 0.707. The minimum atomic E-state index is -2.54. The molecule has 0 radical (unpaired) electrons. The Balaban J connectivity index is 1.47. The molecule has 34 heavy (non-hydrogen) atoms. The Morgan fingerprint density at radius 1 is 0.794 bits per heavy atom. The third-order valence-electron chi connectivity index (χ3n) is 5.53. The summed E-state index contributed by atoms with van der Waals surface area (Å²) < 4.78 is 29.2. The van der Waals surface area contributed by atoms with Crippen LogP contribution in [0.2, 0.25) is 6.04 Å². The Kier molecular flexibility index (Phi) is 10.3. The first-order chi connectivity index (χ1) is 16.6. The lowest BCUT2D eigenvalue weighted by molar-refractivity contribution is 0.0706. The average Bonchev–Trinajstić information content (AvgIpc) is 2.84. The lowest BCUT2D eigenvalue weighted by Crippen LogP contribution is -2.45. The van der Waals surface area contributed by atoms with Crippen LogP contribution in [-0.4, -0.2) is 35.2 Å². The largest absolute Gasteiger partial charge is 0.500 e. The second-order valence-corrected chi connectivity index (χ2v) is 10.7. The third-order valence-corrected chi connectivity index (χ3v) is 8.68. The molecule has 0 saturated heterocycles. The van der Waals surface area contributed by atoms with Crippen LogP contribution in [-0.2, 0) is 13.3 Å². The molecule has 7 heteroatoms. The Bertz CT molecular complexity index is 1050. The summed E-state index contributed by atoms with van der Waals surface area (Å²) >= 11 is 0. The molecule has 184 valence electrons. The second kappa shape index (κ2) is 13.4. The first kappa shape index (κ1) is 26.2. The van der Waals surface area contributed by atoms with Crippen molar-refractivity contribution in [3.05, 3.63) is 65.0 Å². The maximum atomic E-state index is 12.5. The van der Waals surface area contributed by atoms with Gasteiger partial charge in [0.25, 0.3) is 0 Å². The maximum Gasteiger partial charge on any atom is 0.500 e. The summed E-state index contributed by atoms with van der Waals surface area (Å²) in [6, 6.07) is 17.9. The van der Waals surface area contributed by atoms with Gasteiger partial charge in [-0.05, 0) is 57.4 Å². The molecule has 0 bridgehead atoms. The van der Waals surface area contributed by atoms with Crippen LogP contribution >= 0.6 is 0 Å². The summed E-state index contributed by atoms with van der Waals surface area (Å²) in [5.41, 5.74) is 1.60. The SMILES string of the molecule is CCO[Si](CCCCCCOc1ccc2cc(-c3ccccc3)c(=O)oc2c1)(OCC)OCC. The van der Waals surface area contributed by atoms with Crippen LogP contribution < -0.4 is 10.4 Å². The molecule has 0 N–H and O–H groups in total. The standard InChI is InChI=1S/C27H36O6Si/c1-4-30-34(31-5-2,32-6-3)19-13-8-7-12-18-29-24-17-16-23-20-25(22-14-10-9-11-15-22)27(28)33-26(23)21-24/h9-11,14-17,20-21H,4-8,12-13,18-19H2,1-3H3. The molecule has 1 aromatic heterocycles. The van der Waals surface area contributed by atoms with Gasteiger partial charge in [0.15, 0.2) is 0 Å². The van der Waals surface area contributed by atoms with Crippen LogP contribution in [0.3, 0.4) is 0 Å². The first-order valence-corrected chi connectivity index (χ1v) is 14.2. The third kappa shape index (κ3) is 7.27. The summed E-state index contributed by atoms with van der Waals surface area (Å²) in [4.78, 5) is 12.5. The van der Waals surface area contributed by atoms with Crippen LogP contribution in [0.4, 0.5) is 0 Å². The molecule has 2 aromatic carbocycles. The molecule has 0 fully saturated rings. The molecule has 0 atom stereocenters. The topological polar surface area (TPSA) is 67.1 Å². The normalized spacial score (nSPS) is 11.7. The maximum absolute atomic E-state index is 12.5. The average molecular weight is 485 g/mol. The van der Waals surface area contributed by atoms with E-state index >= 15 is 0 Å². The minimum absolute atomic E-state index is 0.346. The van der Waals surface area contributed by atoms with Crippen LogP contribution in [0.15, 0.2) is 63.8 Å². The van der Waals surface area contributed by atoms with Crippen molar-refractivity contribution in [3.8, 4) is 16.9 Å². The van der Waals surface area contributed by atoms with Crippen LogP contribution in [0.1, 0.15) is 46.5 Å². The second-order valence-electron chi connectivity index (χ2n) is 8.01. The highest BCUT2D eigenvalue weighted by molar-refractivity contribution is 6.60. The fourth-order valence-corrected chi connectivity index (χ4v) is 6.67. The molecular weight excluding hydrogens is 448 g/mol. The Hall–Kier alpha value is -2.45. The number of benzene rings is 2. The Morgan fingerprint density at radius 3 is 2.15 bits per heavy atom. The van der Waals surface area contributed by atoms with Crippen LogP contribution in [0.25, 0.3) is 22.1 Å². The van der Waals surface area contributed by atoms with Gasteiger partial charge in [-0.1, -0.05) is 43.2 Å². The number of ether oxygens (including phenoxy) is 1. The zero-order valence-corrected chi connectivity index (χ0v) is 21.5. The minimum Gasteiger partial charge on any atom is -0.493 e. The summed E-state index contributed by atoms with van der Waals surface area (Å²) in [5, 5.41) is 0.872. The fourth-order valence-electron chi connectivity index (χ4n) is 3.99. The number of rotatable bonds is 15. The molecule has 0 amide bonds. The van der Waals surface area contributed by atoms with E-state index < -0.39 is 8.80 Å². The molecular formula is C27H36O6Si. The van der Waals surface area contributed by atoms with Crippen molar-refractivity contribution >= 4 is 19.8 Å².